The maximum absolute atomic E-state index is 13.6. The van der Waals surface area contributed by atoms with E-state index < -0.39 is 6.17 Å². The summed E-state index contributed by atoms with van der Waals surface area (Å²) in [6.07, 6.45) is 3.30. The van der Waals surface area contributed by atoms with Gasteiger partial charge >= 0.3 is 0 Å². The highest BCUT2D eigenvalue weighted by atomic mass is 19.1. The Morgan fingerprint density at radius 1 is 1.07 bits per heavy atom. The van der Waals surface area contributed by atoms with Crippen LogP contribution in [0.25, 0.3) is 22.2 Å². The van der Waals surface area contributed by atoms with Crippen LogP contribution in [0.15, 0.2) is 67.3 Å². The zero-order chi connectivity index (χ0) is 19.5. The van der Waals surface area contributed by atoms with Crippen molar-refractivity contribution in [1.82, 2.24) is 19.9 Å². The lowest BCUT2D eigenvalue weighted by Crippen LogP contribution is -2.13. The predicted octanol–water partition coefficient (Wildman–Crippen LogP) is 4.37. The third-order valence-electron chi connectivity index (χ3n) is 4.27. The van der Waals surface area contributed by atoms with Gasteiger partial charge < -0.3 is 5.32 Å². The molecule has 1 atom stereocenters. The van der Waals surface area contributed by atoms with Crippen LogP contribution < -0.4 is 5.32 Å². The molecular weight excluding hydrogens is 357 g/mol. The largest absolute Gasteiger partial charge is 0.306 e. The number of amides is 1. The summed E-state index contributed by atoms with van der Waals surface area (Å²) in [5.74, 6) is 0.0885. The molecule has 6 nitrogen and oxygen atoms in total. The van der Waals surface area contributed by atoms with Crippen LogP contribution in [0.2, 0.25) is 0 Å². The van der Waals surface area contributed by atoms with E-state index in [0.29, 0.717) is 28.3 Å². The molecule has 3 heterocycles. The van der Waals surface area contributed by atoms with Crippen molar-refractivity contribution in [2.24, 2.45) is 0 Å². The van der Waals surface area contributed by atoms with Crippen molar-refractivity contribution < 1.29 is 9.18 Å². The Hall–Kier alpha value is -3.74. The van der Waals surface area contributed by atoms with Gasteiger partial charge in [-0.15, -0.1) is 0 Å². The fraction of sp³-hybridized carbons (Fsp3) is 0.0952. The standard InChI is InChI=1S/C21H16FN5O/c1-13(22)18-11-15(7-10-24-18)17-6-5-14-3-2-4-16(20(14)26-17)21(28)27-19-8-9-23-12-25-19/h2-13H,1H3,(H,23,25,27,28). The number of hydrogen-bond donors (Lipinski definition) is 1. The van der Waals surface area contributed by atoms with Gasteiger partial charge in [0.2, 0.25) is 0 Å². The zero-order valence-corrected chi connectivity index (χ0v) is 15.0. The van der Waals surface area contributed by atoms with Crippen molar-refractivity contribution in [2.45, 2.75) is 13.1 Å². The lowest BCUT2D eigenvalue weighted by molar-refractivity contribution is 0.102. The van der Waals surface area contributed by atoms with E-state index in [1.54, 1.807) is 42.7 Å². The van der Waals surface area contributed by atoms with Gasteiger partial charge in [-0.2, -0.15) is 0 Å². The number of para-hydroxylation sites is 1. The van der Waals surface area contributed by atoms with E-state index in [2.05, 4.69) is 25.3 Å². The third kappa shape index (κ3) is 3.55. The summed E-state index contributed by atoms with van der Waals surface area (Å²) in [5.41, 5.74) is 2.69. The summed E-state index contributed by atoms with van der Waals surface area (Å²) in [6, 6.07) is 14.2. The first-order valence-electron chi connectivity index (χ1n) is 8.69. The van der Waals surface area contributed by atoms with E-state index in [4.69, 9.17) is 0 Å². The Bertz CT molecular complexity index is 1150. The van der Waals surface area contributed by atoms with Gasteiger partial charge in [0.05, 0.1) is 22.5 Å². The molecule has 1 unspecified atom stereocenters. The number of carbonyl (C=O) groups is 1. The van der Waals surface area contributed by atoms with E-state index in [0.717, 1.165) is 10.9 Å². The highest BCUT2D eigenvalue weighted by molar-refractivity contribution is 6.11. The van der Waals surface area contributed by atoms with Crippen molar-refractivity contribution >= 4 is 22.6 Å². The second-order valence-corrected chi connectivity index (χ2v) is 6.21. The molecule has 0 fully saturated rings. The highest BCUT2D eigenvalue weighted by Gasteiger charge is 2.14. The summed E-state index contributed by atoms with van der Waals surface area (Å²) < 4.78 is 13.6. The topological polar surface area (TPSA) is 80.7 Å². The SMILES string of the molecule is CC(F)c1cc(-c2ccc3cccc(C(=O)Nc4ccncn4)c3n2)ccn1. The highest BCUT2D eigenvalue weighted by Crippen LogP contribution is 2.25. The quantitative estimate of drug-likeness (QED) is 0.574. The van der Waals surface area contributed by atoms with Crippen LogP contribution in [0.5, 0.6) is 0 Å². The third-order valence-corrected chi connectivity index (χ3v) is 4.27. The molecule has 0 aliphatic heterocycles. The first-order chi connectivity index (χ1) is 13.6. The lowest BCUT2D eigenvalue weighted by atomic mass is 10.1. The van der Waals surface area contributed by atoms with Gasteiger partial charge in [0.15, 0.2) is 0 Å². The number of alkyl halides is 1. The molecule has 138 valence electrons. The molecule has 1 amide bonds. The maximum Gasteiger partial charge on any atom is 0.259 e. The van der Waals surface area contributed by atoms with Crippen LogP contribution in [0, 0.1) is 0 Å². The number of nitrogens with one attached hydrogen (secondary N) is 1. The maximum atomic E-state index is 13.6. The Morgan fingerprint density at radius 2 is 1.96 bits per heavy atom. The summed E-state index contributed by atoms with van der Waals surface area (Å²) in [4.78, 5) is 29.3. The van der Waals surface area contributed by atoms with Crippen molar-refractivity contribution in [1.29, 1.82) is 0 Å². The molecule has 1 N–H and O–H groups in total. The van der Waals surface area contributed by atoms with Gasteiger partial charge in [-0.1, -0.05) is 18.2 Å². The van der Waals surface area contributed by atoms with Crippen molar-refractivity contribution in [3.8, 4) is 11.3 Å². The number of pyridine rings is 2. The number of hydrogen-bond acceptors (Lipinski definition) is 5. The van der Waals surface area contributed by atoms with Gasteiger partial charge in [-0.3, -0.25) is 9.78 Å². The van der Waals surface area contributed by atoms with E-state index >= 15 is 0 Å². The first-order valence-corrected chi connectivity index (χ1v) is 8.69. The van der Waals surface area contributed by atoms with Gasteiger partial charge in [0.1, 0.15) is 18.3 Å². The van der Waals surface area contributed by atoms with Gasteiger partial charge in [-0.05, 0) is 37.3 Å². The van der Waals surface area contributed by atoms with E-state index in [-0.39, 0.29) is 5.91 Å². The molecule has 0 radical (unpaired) electrons. The monoisotopic (exact) mass is 373 g/mol. The number of carbonyl (C=O) groups excluding carboxylic acids is 1. The molecule has 0 aliphatic carbocycles. The van der Waals surface area contributed by atoms with Crippen molar-refractivity contribution in [3.63, 3.8) is 0 Å². The number of fused-ring (bicyclic) bond motifs is 1. The molecule has 0 bridgehead atoms. The fourth-order valence-corrected chi connectivity index (χ4v) is 2.86. The summed E-state index contributed by atoms with van der Waals surface area (Å²) in [7, 11) is 0. The van der Waals surface area contributed by atoms with Crippen LogP contribution in [0.4, 0.5) is 10.2 Å². The van der Waals surface area contributed by atoms with Crippen LogP contribution >= 0.6 is 0 Å². The molecule has 7 heteroatoms. The Balaban J connectivity index is 1.76. The number of benzene rings is 1. The van der Waals surface area contributed by atoms with Crippen LogP contribution in [0.3, 0.4) is 0 Å². The average Bonchev–Trinajstić information content (AvgIpc) is 2.73. The molecule has 0 saturated heterocycles. The number of aromatic nitrogens is 4. The summed E-state index contributed by atoms with van der Waals surface area (Å²) >= 11 is 0. The Kier molecular flexibility index (Phi) is 4.72. The Morgan fingerprint density at radius 3 is 2.75 bits per heavy atom. The van der Waals surface area contributed by atoms with Crippen molar-refractivity contribution in [3.05, 3.63) is 78.5 Å². The van der Waals surface area contributed by atoms with Crippen molar-refractivity contribution in [2.75, 3.05) is 5.32 Å². The number of anilines is 1. The molecule has 4 aromatic rings. The van der Waals surface area contributed by atoms with Crippen LogP contribution in [-0.4, -0.2) is 25.8 Å². The minimum atomic E-state index is -1.17. The minimum absolute atomic E-state index is 0.318. The number of halogens is 1. The van der Waals surface area contributed by atoms with Crippen LogP contribution in [0.1, 0.15) is 29.1 Å². The molecule has 1 aromatic carbocycles. The molecule has 4 rings (SSSR count). The fourth-order valence-electron chi connectivity index (χ4n) is 2.86. The molecule has 0 saturated carbocycles. The van der Waals surface area contributed by atoms with Crippen LogP contribution in [-0.2, 0) is 0 Å². The molecule has 3 aromatic heterocycles. The van der Waals surface area contributed by atoms with E-state index in [1.165, 1.54) is 13.3 Å². The lowest BCUT2D eigenvalue weighted by Gasteiger charge is -2.09. The normalized spacial score (nSPS) is 11.9. The van der Waals surface area contributed by atoms with Gasteiger partial charge in [0, 0.05) is 23.3 Å². The van der Waals surface area contributed by atoms with E-state index in [9.17, 15) is 9.18 Å². The second-order valence-electron chi connectivity index (χ2n) is 6.21. The summed E-state index contributed by atoms with van der Waals surface area (Å²) in [6.45, 7) is 1.44. The Labute approximate surface area is 160 Å². The average molecular weight is 373 g/mol. The van der Waals surface area contributed by atoms with Gasteiger partial charge in [0.25, 0.3) is 5.91 Å². The second kappa shape index (κ2) is 7.48. The summed E-state index contributed by atoms with van der Waals surface area (Å²) in [5, 5.41) is 3.57. The molecule has 0 spiro atoms. The van der Waals surface area contributed by atoms with E-state index in [1.807, 2.05) is 18.2 Å². The molecule has 28 heavy (non-hydrogen) atoms. The number of nitrogens with zero attached hydrogens (tertiary/aromatic N) is 4. The minimum Gasteiger partial charge on any atom is -0.306 e. The first kappa shape index (κ1) is 17.7. The van der Waals surface area contributed by atoms with Gasteiger partial charge in [-0.25, -0.2) is 19.3 Å². The predicted molar refractivity (Wildman–Crippen MR) is 104 cm³/mol. The molecular formula is C21H16FN5O. The zero-order valence-electron chi connectivity index (χ0n) is 15.0. The smallest absolute Gasteiger partial charge is 0.259 e. The molecule has 0 aliphatic rings. The number of rotatable bonds is 4.